The Bertz CT molecular complexity index is 727. The van der Waals surface area contributed by atoms with Gasteiger partial charge in [0, 0.05) is 35.6 Å². The van der Waals surface area contributed by atoms with Crippen molar-refractivity contribution in [2.45, 2.75) is 32.4 Å². The van der Waals surface area contributed by atoms with Gasteiger partial charge in [-0.3, -0.25) is 4.90 Å². The van der Waals surface area contributed by atoms with Gasteiger partial charge in [0.2, 0.25) is 0 Å². The van der Waals surface area contributed by atoms with Crippen LogP contribution in [0, 0.1) is 0 Å². The van der Waals surface area contributed by atoms with Crippen LogP contribution in [0.25, 0.3) is 0 Å². The van der Waals surface area contributed by atoms with Gasteiger partial charge in [-0.2, -0.15) is 0 Å². The van der Waals surface area contributed by atoms with E-state index in [4.69, 9.17) is 14.2 Å². The lowest BCUT2D eigenvalue weighted by Gasteiger charge is -2.36. The minimum Gasteiger partial charge on any atom is -0.496 e. The van der Waals surface area contributed by atoms with Gasteiger partial charge >= 0.3 is 0 Å². The minimum atomic E-state index is 0.484. The summed E-state index contributed by atoms with van der Waals surface area (Å²) in [5, 5.41) is 2.22. The molecule has 0 saturated heterocycles. The maximum atomic E-state index is 5.75. The molecule has 5 heteroatoms. The topological polar surface area (TPSA) is 30.9 Å². The van der Waals surface area contributed by atoms with E-state index in [2.05, 4.69) is 29.3 Å². The molecule has 0 saturated carbocycles. The first-order valence-electron chi connectivity index (χ1n) is 8.57. The fourth-order valence-corrected chi connectivity index (χ4v) is 4.69. The molecule has 2 aromatic rings. The zero-order valence-electron chi connectivity index (χ0n) is 14.2. The van der Waals surface area contributed by atoms with Crippen LogP contribution in [0.3, 0.4) is 0 Å². The van der Waals surface area contributed by atoms with E-state index in [0.29, 0.717) is 19.3 Å². The lowest BCUT2D eigenvalue weighted by Crippen LogP contribution is -2.34. The standard InChI is InChI=1S/C19H23NO3S/c1-3-15-14-5-9-24-19(14)4-6-20(15)12-13-10-17-18(11-16(13)21-2)23-8-7-22-17/h5,9-11,15H,3-4,6-8,12H2,1-2H3. The van der Waals surface area contributed by atoms with Gasteiger partial charge in [-0.1, -0.05) is 6.92 Å². The summed E-state index contributed by atoms with van der Waals surface area (Å²) in [5.74, 6) is 2.50. The summed E-state index contributed by atoms with van der Waals surface area (Å²) in [5.41, 5.74) is 2.67. The van der Waals surface area contributed by atoms with Gasteiger partial charge in [0.1, 0.15) is 19.0 Å². The Kier molecular flexibility index (Phi) is 4.37. The average Bonchev–Trinajstić information content (AvgIpc) is 3.09. The summed E-state index contributed by atoms with van der Waals surface area (Å²) in [6, 6.07) is 6.83. The number of ether oxygens (including phenoxy) is 3. The highest BCUT2D eigenvalue weighted by Crippen LogP contribution is 2.40. The van der Waals surface area contributed by atoms with Crippen LogP contribution in [0.2, 0.25) is 0 Å². The van der Waals surface area contributed by atoms with Crippen molar-refractivity contribution < 1.29 is 14.2 Å². The molecule has 0 aliphatic carbocycles. The van der Waals surface area contributed by atoms with Crippen molar-refractivity contribution in [1.29, 1.82) is 0 Å². The van der Waals surface area contributed by atoms with Gasteiger partial charge in [-0.15, -0.1) is 11.3 Å². The molecule has 0 spiro atoms. The molecule has 4 rings (SSSR count). The molecule has 24 heavy (non-hydrogen) atoms. The van der Waals surface area contributed by atoms with E-state index in [0.717, 1.165) is 43.2 Å². The molecule has 0 N–H and O–H groups in total. The number of methoxy groups -OCH3 is 1. The van der Waals surface area contributed by atoms with Crippen LogP contribution in [0.5, 0.6) is 17.2 Å². The molecule has 1 aromatic heterocycles. The third-order valence-corrected chi connectivity index (χ3v) is 5.91. The van der Waals surface area contributed by atoms with E-state index < -0.39 is 0 Å². The molecule has 2 aliphatic rings. The van der Waals surface area contributed by atoms with E-state index in [1.807, 2.05) is 17.4 Å². The van der Waals surface area contributed by atoms with Crippen molar-refractivity contribution in [2.75, 3.05) is 26.9 Å². The average molecular weight is 345 g/mol. The second kappa shape index (κ2) is 6.65. The number of thiophene rings is 1. The highest BCUT2D eigenvalue weighted by atomic mass is 32.1. The first kappa shape index (κ1) is 15.8. The van der Waals surface area contributed by atoms with Gasteiger partial charge in [0.15, 0.2) is 11.5 Å². The van der Waals surface area contributed by atoms with Gasteiger partial charge in [-0.25, -0.2) is 0 Å². The number of hydrogen-bond acceptors (Lipinski definition) is 5. The number of hydrogen-bond donors (Lipinski definition) is 0. The Labute approximate surface area is 147 Å². The van der Waals surface area contributed by atoms with Crippen molar-refractivity contribution in [3.8, 4) is 17.2 Å². The van der Waals surface area contributed by atoms with Crippen molar-refractivity contribution in [2.24, 2.45) is 0 Å². The minimum absolute atomic E-state index is 0.484. The summed E-state index contributed by atoms with van der Waals surface area (Å²) >= 11 is 1.89. The van der Waals surface area contributed by atoms with Crippen LogP contribution in [-0.2, 0) is 13.0 Å². The van der Waals surface area contributed by atoms with Crippen LogP contribution in [0.15, 0.2) is 23.6 Å². The molecule has 0 bridgehead atoms. The van der Waals surface area contributed by atoms with Gasteiger partial charge in [0.05, 0.1) is 7.11 Å². The largest absolute Gasteiger partial charge is 0.496 e. The van der Waals surface area contributed by atoms with Gasteiger partial charge in [0.25, 0.3) is 0 Å². The van der Waals surface area contributed by atoms with Gasteiger partial charge < -0.3 is 14.2 Å². The van der Waals surface area contributed by atoms with E-state index in [1.54, 1.807) is 12.0 Å². The normalized spacial score (nSPS) is 19.8. The summed E-state index contributed by atoms with van der Waals surface area (Å²) < 4.78 is 17.0. The van der Waals surface area contributed by atoms with Crippen LogP contribution >= 0.6 is 11.3 Å². The highest BCUT2D eigenvalue weighted by molar-refractivity contribution is 7.10. The maximum Gasteiger partial charge on any atom is 0.165 e. The zero-order valence-corrected chi connectivity index (χ0v) is 15.0. The Hall–Kier alpha value is -1.72. The zero-order chi connectivity index (χ0) is 16.5. The molecule has 128 valence electrons. The molecule has 1 unspecified atom stereocenters. The lowest BCUT2D eigenvalue weighted by atomic mass is 9.97. The molecule has 0 amide bonds. The molecule has 0 radical (unpaired) electrons. The first-order valence-corrected chi connectivity index (χ1v) is 9.45. The number of fused-ring (bicyclic) bond motifs is 2. The fraction of sp³-hybridized carbons (Fsp3) is 0.474. The Morgan fingerprint density at radius 2 is 2.04 bits per heavy atom. The van der Waals surface area contributed by atoms with Crippen LogP contribution in [0.1, 0.15) is 35.4 Å². The summed E-state index contributed by atoms with van der Waals surface area (Å²) in [7, 11) is 1.72. The second-order valence-electron chi connectivity index (χ2n) is 6.25. The van der Waals surface area contributed by atoms with E-state index >= 15 is 0 Å². The Morgan fingerprint density at radius 1 is 1.25 bits per heavy atom. The van der Waals surface area contributed by atoms with E-state index in [9.17, 15) is 0 Å². The molecular weight excluding hydrogens is 322 g/mol. The first-order chi connectivity index (χ1) is 11.8. The van der Waals surface area contributed by atoms with Crippen LogP contribution < -0.4 is 14.2 Å². The van der Waals surface area contributed by atoms with Gasteiger partial charge in [-0.05, 0) is 35.9 Å². The summed E-state index contributed by atoms with van der Waals surface area (Å²) in [6.45, 7) is 5.43. The van der Waals surface area contributed by atoms with Crippen molar-refractivity contribution in [1.82, 2.24) is 4.90 Å². The predicted molar refractivity (Wildman–Crippen MR) is 95.4 cm³/mol. The molecular formula is C19H23NO3S. The van der Waals surface area contributed by atoms with Crippen molar-refractivity contribution >= 4 is 11.3 Å². The molecule has 1 aromatic carbocycles. The Morgan fingerprint density at radius 3 is 2.79 bits per heavy atom. The quantitative estimate of drug-likeness (QED) is 0.837. The van der Waals surface area contributed by atoms with Crippen LogP contribution in [0.4, 0.5) is 0 Å². The fourth-order valence-electron chi connectivity index (χ4n) is 3.76. The highest BCUT2D eigenvalue weighted by Gasteiger charge is 2.28. The Balaban J connectivity index is 1.63. The lowest BCUT2D eigenvalue weighted by molar-refractivity contribution is 0.163. The third-order valence-electron chi connectivity index (χ3n) is 4.91. The second-order valence-corrected chi connectivity index (χ2v) is 7.25. The third kappa shape index (κ3) is 2.76. The molecule has 1 atom stereocenters. The maximum absolute atomic E-state index is 5.75. The van der Waals surface area contributed by atoms with E-state index in [1.165, 1.54) is 11.1 Å². The molecule has 4 nitrogen and oxygen atoms in total. The SMILES string of the molecule is CCC1c2ccsc2CCN1Cc1cc2c(cc1OC)OCCO2. The smallest absolute Gasteiger partial charge is 0.165 e. The summed E-state index contributed by atoms with van der Waals surface area (Å²) in [4.78, 5) is 4.11. The summed E-state index contributed by atoms with van der Waals surface area (Å²) in [6.07, 6.45) is 2.26. The molecule has 2 aliphatic heterocycles. The number of benzene rings is 1. The number of nitrogens with zero attached hydrogens (tertiary/aromatic N) is 1. The molecule has 0 fully saturated rings. The van der Waals surface area contributed by atoms with Crippen LogP contribution in [-0.4, -0.2) is 31.8 Å². The monoisotopic (exact) mass is 345 g/mol. The molecule has 3 heterocycles. The van der Waals surface area contributed by atoms with E-state index in [-0.39, 0.29) is 0 Å². The van der Waals surface area contributed by atoms with Crippen molar-refractivity contribution in [3.05, 3.63) is 39.6 Å². The van der Waals surface area contributed by atoms with Crippen molar-refractivity contribution in [3.63, 3.8) is 0 Å². The number of rotatable bonds is 4. The predicted octanol–water partition coefficient (Wildman–Crippen LogP) is 4.04.